The van der Waals surface area contributed by atoms with Gasteiger partial charge in [-0.15, -0.1) is 0 Å². The van der Waals surface area contributed by atoms with Crippen molar-refractivity contribution in [1.82, 2.24) is 0 Å². The van der Waals surface area contributed by atoms with Gasteiger partial charge in [0, 0.05) is 19.4 Å². The standard InChI is InChI=1S/C75H122NO8P/c1-3-5-7-9-11-13-15-17-19-21-23-25-27-29-31-33-34-35-36-37-38-40-42-44-46-48-50-52-54-56-58-60-62-64-66-68-75(78)84-73(72-83-85(79,80)82-70-69-76)71-81-74(77)67-65-63-61-59-57-55-53-51-49-47-45-43-41-39-32-30-28-26-24-22-20-18-16-14-12-10-8-6-4-2/h5-8,11-14,17-20,23-26,29-32,34-35,37-38,41,43,47,49,73H,3-4,9-10,15-16,21-22,27-28,33,36,39-40,42,44-46,48,50-72,76H2,1-2H3,(H,79,80)/b7-5-,8-6-,13-11-,14-12-,19-17-,20-18-,25-23-,26-24-,31-29-,32-30-,35-34-,38-37-,43-41-,49-47-. The number of ether oxygens (including phenoxy) is 2. The number of allylic oxidation sites excluding steroid dienone is 28. The zero-order chi connectivity index (χ0) is 61.6. The van der Waals surface area contributed by atoms with Gasteiger partial charge in [-0.05, 0) is 128 Å². The molecular weight excluding hydrogens is 1070 g/mol. The summed E-state index contributed by atoms with van der Waals surface area (Å²) in [7, 11) is -4.41. The Morgan fingerprint density at radius 3 is 0.906 bits per heavy atom. The second-order valence-corrected chi connectivity index (χ2v) is 23.0. The van der Waals surface area contributed by atoms with Gasteiger partial charge in [0.05, 0.1) is 13.2 Å². The molecule has 10 heteroatoms. The number of hydrogen-bond acceptors (Lipinski definition) is 8. The number of nitrogens with two attached hydrogens (primary N) is 1. The van der Waals surface area contributed by atoms with E-state index in [4.69, 9.17) is 24.3 Å². The predicted molar refractivity (Wildman–Crippen MR) is 366 cm³/mol. The molecule has 0 saturated heterocycles. The maximum atomic E-state index is 12.8. The van der Waals surface area contributed by atoms with Crippen LogP contribution < -0.4 is 5.73 Å². The van der Waals surface area contributed by atoms with Crippen molar-refractivity contribution in [3.8, 4) is 0 Å². The van der Waals surface area contributed by atoms with Crippen LogP contribution in [0, 0.1) is 0 Å². The number of rotatable bonds is 61. The highest BCUT2D eigenvalue weighted by Crippen LogP contribution is 2.43. The Morgan fingerprint density at radius 1 is 0.353 bits per heavy atom. The second kappa shape index (κ2) is 68.5. The second-order valence-electron chi connectivity index (χ2n) is 21.6. The van der Waals surface area contributed by atoms with E-state index in [9.17, 15) is 19.0 Å². The molecule has 0 aliphatic heterocycles. The summed E-state index contributed by atoms with van der Waals surface area (Å²) in [6, 6.07) is 0. The van der Waals surface area contributed by atoms with E-state index in [1.165, 1.54) is 83.5 Å². The fourth-order valence-corrected chi connectivity index (χ4v) is 9.48. The van der Waals surface area contributed by atoms with E-state index in [1.807, 2.05) is 0 Å². The van der Waals surface area contributed by atoms with E-state index in [-0.39, 0.29) is 32.6 Å². The minimum Gasteiger partial charge on any atom is -0.462 e. The van der Waals surface area contributed by atoms with Gasteiger partial charge >= 0.3 is 19.8 Å². The average molecular weight is 1200 g/mol. The SMILES string of the molecule is CC/C=C\C/C=C\C/C=C\C/C=C\C/C=C\C/C=C\C/C=C\CCCCCCCCCCCCCCCC(=O)OC(COC(=O)CCCCCCCCC/C=C\C/C=C\C/C=C\C/C=C\C/C=C\C/C=C\C/C=C\CC)COP(=O)(O)OCCN. The Bertz CT molecular complexity index is 2000. The van der Waals surface area contributed by atoms with Crippen molar-refractivity contribution in [2.45, 2.75) is 264 Å². The van der Waals surface area contributed by atoms with Gasteiger partial charge in [0.25, 0.3) is 0 Å². The lowest BCUT2D eigenvalue weighted by atomic mass is 10.0. The van der Waals surface area contributed by atoms with E-state index >= 15 is 0 Å². The van der Waals surface area contributed by atoms with Crippen molar-refractivity contribution in [2.75, 3.05) is 26.4 Å². The molecule has 0 aliphatic rings. The van der Waals surface area contributed by atoms with Gasteiger partial charge in [0.2, 0.25) is 0 Å². The van der Waals surface area contributed by atoms with Crippen molar-refractivity contribution in [1.29, 1.82) is 0 Å². The first-order chi connectivity index (χ1) is 41.8. The molecular formula is C75H122NO8P. The summed E-state index contributed by atoms with van der Waals surface area (Å²) in [5, 5.41) is 0. The van der Waals surface area contributed by atoms with Gasteiger partial charge < -0.3 is 20.1 Å². The van der Waals surface area contributed by atoms with Crippen LogP contribution in [0.1, 0.15) is 258 Å². The molecule has 0 spiro atoms. The monoisotopic (exact) mass is 1200 g/mol. The Labute approximate surface area is 521 Å². The lowest BCUT2D eigenvalue weighted by Crippen LogP contribution is -2.29. The predicted octanol–water partition coefficient (Wildman–Crippen LogP) is 22.2. The molecule has 9 nitrogen and oxygen atoms in total. The molecule has 0 aromatic heterocycles. The molecule has 0 saturated carbocycles. The zero-order valence-electron chi connectivity index (χ0n) is 53.8. The molecule has 0 amide bonds. The number of hydrogen-bond donors (Lipinski definition) is 2. The zero-order valence-corrected chi connectivity index (χ0v) is 54.7. The molecule has 0 bridgehead atoms. The van der Waals surface area contributed by atoms with Crippen LogP contribution in [0.2, 0.25) is 0 Å². The average Bonchev–Trinajstić information content (AvgIpc) is 3.52. The highest BCUT2D eigenvalue weighted by Gasteiger charge is 2.26. The van der Waals surface area contributed by atoms with Crippen LogP contribution in [-0.2, 0) is 32.7 Å². The summed E-state index contributed by atoms with van der Waals surface area (Å²) in [4.78, 5) is 35.3. The smallest absolute Gasteiger partial charge is 0.462 e. The van der Waals surface area contributed by atoms with Crippen LogP contribution >= 0.6 is 7.82 Å². The van der Waals surface area contributed by atoms with Gasteiger partial charge in [0.15, 0.2) is 6.10 Å². The van der Waals surface area contributed by atoms with Gasteiger partial charge in [-0.1, -0.05) is 287 Å². The van der Waals surface area contributed by atoms with Crippen molar-refractivity contribution in [3.63, 3.8) is 0 Å². The Hall–Kier alpha value is -4.63. The molecule has 2 unspecified atom stereocenters. The van der Waals surface area contributed by atoms with Crippen molar-refractivity contribution < 1.29 is 37.6 Å². The van der Waals surface area contributed by atoms with E-state index in [1.54, 1.807) is 0 Å². The number of carbonyl (C=O) groups excluding carboxylic acids is 2. The van der Waals surface area contributed by atoms with E-state index in [0.29, 0.717) is 12.8 Å². The van der Waals surface area contributed by atoms with Gasteiger partial charge in [-0.3, -0.25) is 18.6 Å². The van der Waals surface area contributed by atoms with Crippen LogP contribution in [0.5, 0.6) is 0 Å². The van der Waals surface area contributed by atoms with Crippen LogP contribution in [0.3, 0.4) is 0 Å². The van der Waals surface area contributed by atoms with Gasteiger partial charge in [-0.25, -0.2) is 4.57 Å². The first-order valence-electron chi connectivity index (χ1n) is 33.6. The largest absolute Gasteiger partial charge is 0.472 e. The Balaban J connectivity index is 3.99. The molecule has 0 fully saturated rings. The Kier molecular flexibility index (Phi) is 64.8. The first kappa shape index (κ1) is 80.4. The van der Waals surface area contributed by atoms with Crippen LogP contribution in [-0.4, -0.2) is 49.3 Å². The summed E-state index contributed by atoms with van der Waals surface area (Å²) in [5.74, 6) is -0.850. The molecule has 3 N–H and O–H groups in total. The fraction of sp³-hybridized carbons (Fsp3) is 0.600. The number of phosphoric acid groups is 1. The summed E-state index contributed by atoms with van der Waals surface area (Å²) in [5.41, 5.74) is 5.40. The van der Waals surface area contributed by atoms with E-state index in [2.05, 4.69) is 184 Å². The lowest BCUT2D eigenvalue weighted by molar-refractivity contribution is -0.161. The highest BCUT2D eigenvalue weighted by atomic mass is 31.2. The summed E-state index contributed by atoms with van der Waals surface area (Å²) in [6.45, 7) is 3.49. The maximum absolute atomic E-state index is 12.8. The van der Waals surface area contributed by atoms with E-state index < -0.39 is 32.5 Å². The topological polar surface area (TPSA) is 134 Å². The number of phosphoric ester groups is 1. The lowest BCUT2D eigenvalue weighted by Gasteiger charge is -2.19. The minimum absolute atomic E-state index is 0.0433. The molecule has 85 heavy (non-hydrogen) atoms. The molecule has 0 rings (SSSR count). The summed E-state index contributed by atoms with van der Waals surface area (Å²) < 4.78 is 33.1. The third-order valence-electron chi connectivity index (χ3n) is 13.6. The quantitative estimate of drug-likeness (QED) is 0.0264. The molecule has 0 aromatic rings. The molecule has 0 aliphatic carbocycles. The molecule has 0 aromatic carbocycles. The van der Waals surface area contributed by atoms with Crippen LogP contribution in [0.15, 0.2) is 170 Å². The van der Waals surface area contributed by atoms with Crippen molar-refractivity contribution in [2.24, 2.45) is 5.73 Å². The first-order valence-corrected chi connectivity index (χ1v) is 35.1. The maximum Gasteiger partial charge on any atom is 0.472 e. The number of esters is 2. The summed E-state index contributed by atoms with van der Waals surface area (Å²) >= 11 is 0. The van der Waals surface area contributed by atoms with Crippen molar-refractivity contribution >= 4 is 19.8 Å². The number of unbranched alkanes of at least 4 members (excludes halogenated alkanes) is 20. The van der Waals surface area contributed by atoms with Crippen LogP contribution in [0.4, 0.5) is 0 Å². The highest BCUT2D eigenvalue weighted by molar-refractivity contribution is 7.47. The normalized spacial score (nSPS) is 14.1. The minimum atomic E-state index is -4.41. The van der Waals surface area contributed by atoms with Crippen LogP contribution in [0.25, 0.3) is 0 Å². The van der Waals surface area contributed by atoms with E-state index in [0.717, 1.165) is 135 Å². The fourth-order valence-electron chi connectivity index (χ4n) is 8.71. The van der Waals surface area contributed by atoms with Gasteiger partial charge in [0.1, 0.15) is 6.61 Å². The third-order valence-corrected chi connectivity index (χ3v) is 14.6. The molecule has 0 heterocycles. The molecule has 480 valence electrons. The summed E-state index contributed by atoms with van der Waals surface area (Å²) in [6.07, 6.45) is 101. The Morgan fingerprint density at radius 2 is 0.612 bits per heavy atom. The van der Waals surface area contributed by atoms with Gasteiger partial charge in [-0.2, -0.15) is 0 Å². The molecule has 2 atom stereocenters. The molecule has 0 radical (unpaired) electrons. The van der Waals surface area contributed by atoms with Crippen molar-refractivity contribution in [3.05, 3.63) is 170 Å². The third kappa shape index (κ3) is 68.4. The number of carbonyl (C=O) groups is 2.